The summed E-state index contributed by atoms with van der Waals surface area (Å²) in [5.41, 5.74) is 2.43. The first kappa shape index (κ1) is 10.7. The van der Waals surface area contributed by atoms with Crippen LogP contribution in [-0.4, -0.2) is 16.9 Å². The van der Waals surface area contributed by atoms with Crippen molar-refractivity contribution in [2.24, 2.45) is 0 Å². The van der Waals surface area contributed by atoms with Crippen molar-refractivity contribution in [3.05, 3.63) is 16.1 Å². The van der Waals surface area contributed by atoms with E-state index in [1.807, 2.05) is 13.8 Å². The summed E-state index contributed by atoms with van der Waals surface area (Å²) in [4.78, 5) is 16.3. The summed E-state index contributed by atoms with van der Waals surface area (Å²) >= 11 is 1.34. The molecule has 0 saturated heterocycles. The number of rotatable bonds is 3. The first-order valence-corrected chi connectivity index (χ1v) is 5.17. The van der Waals surface area contributed by atoms with E-state index in [0.29, 0.717) is 11.3 Å². The van der Waals surface area contributed by atoms with Crippen LogP contribution >= 0.6 is 11.3 Å². The summed E-state index contributed by atoms with van der Waals surface area (Å²) in [5.74, 6) is 2.42. The van der Waals surface area contributed by atoms with E-state index in [9.17, 15) is 4.79 Å². The predicted molar refractivity (Wildman–Crippen MR) is 57.2 cm³/mol. The third kappa shape index (κ3) is 2.57. The van der Waals surface area contributed by atoms with Crippen LogP contribution in [0.15, 0.2) is 5.51 Å². The molecule has 14 heavy (non-hydrogen) atoms. The highest BCUT2D eigenvalue weighted by molar-refractivity contribution is 7.11. The number of hydrogen-bond acceptors (Lipinski definition) is 3. The largest absolute Gasteiger partial charge is 0.348 e. The predicted octanol–water partition coefficient (Wildman–Crippen LogP) is 1.59. The molecule has 4 heteroatoms. The zero-order valence-electron chi connectivity index (χ0n) is 8.20. The topological polar surface area (TPSA) is 42.0 Å². The quantitative estimate of drug-likeness (QED) is 0.766. The van der Waals surface area contributed by atoms with Crippen molar-refractivity contribution in [2.75, 3.05) is 0 Å². The van der Waals surface area contributed by atoms with E-state index >= 15 is 0 Å². The van der Waals surface area contributed by atoms with Crippen LogP contribution in [0.25, 0.3) is 0 Å². The smallest absolute Gasteiger partial charge is 0.263 e. The van der Waals surface area contributed by atoms with Crippen molar-refractivity contribution >= 4 is 17.2 Å². The number of nitrogens with one attached hydrogen (secondary N) is 1. The fraction of sp³-hybridized carbons (Fsp3) is 0.400. The van der Waals surface area contributed by atoms with Gasteiger partial charge >= 0.3 is 0 Å². The van der Waals surface area contributed by atoms with Crippen LogP contribution in [-0.2, 0) is 0 Å². The maximum atomic E-state index is 11.6. The summed E-state index contributed by atoms with van der Waals surface area (Å²) in [7, 11) is 0. The van der Waals surface area contributed by atoms with Crippen LogP contribution in [0.3, 0.4) is 0 Å². The lowest BCUT2D eigenvalue weighted by molar-refractivity contribution is 0.0944. The van der Waals surface area contributed by atoms with Crippen LogP contribution in [0.5, 0.6) is 0 Å². The average Bonchev–Trinajstić information content (AvgIpc) is 2.51. The minimum absolute atomic E-state index is 0.00833. The molecule has 1 heterocycles. The molecular weight excluding hydrogens is 196 g/mol. The molecule has 0 bridgehead atoms. The highest BCUT2D eigenvalue weighted by atomic mass is 32.1. The normalized spacial score (nSPS) is 11.8. The van der Waals surface area contributed by atoms with Crippen LogP contribution in [0, 0.1) is 19.3 Å². The van der Waals surface area contributed by atoms with Crippen LogP contribution in [0.1, 0.15) is 28.7 Å². The first-order valence-electron chi connectivity index (χ1n) is 4.29. The van der Waals surface area contributed by atoms with Crippen molar-refractivity contribution < 1.29 is 4.79 Å². The van der Waals surface area contributed by atoms with E-state index in [-0.39, 0.29) is 11.9 Å². The lowest BCUT2D eigenvalue weighted by Gasteiger charge is -2.09. The summed E-state index contributed by atoms with van der Waals surface area (Å²) in [6.07, 6.45) is 5.69. The molecule has 0 aliphatic rings. The monoisotopic (exact) mass is 208 g/mol. The van der Waals surface area contributed by atoms with Crippen LogP contribution < -0.4 is 5.32 Å². The lowest BCUT2D eigenvalue weighted by Crippen LogP contribution is -2.32. The Kier molecular flexibility index (Phi) is 3.66. The Bertz CT molecular complexity index is 364. The maximum absolute atomic E-state index is 11.6. The van der Waals surface area contributed by atoms with E-state index < -0.39 is 0 Å². The first-order chi connectivity index (χ1) is 6.65. The van der Waals surface area contributed by atoms with E-state index in [4.69, 9.17) is 6.42 Å². The molecule has 1 atom stereocenters. The highest BCUT2D eigenvalue weighted by Crippen LogP contribution is 2.11. The second kappa shape index (κ2) is 4.77. The Morgan fingerprint density at radius 2 is 2.57 bits per heavy atom. The summed E-state index contributed by atoms with van der Waals surface area (Å²) in [6.45, 7) is 3.70. The van der Waals surface area contributed by atoms with Gasteiger partial charge in [0, 0.05) is 12.5 Å². The van der Waals surface area contributed by atoms with Crippen molar-refractivity contribution in [1.29, 1.82) is 0 Å². The second-order valence-corrected chi connectivity index (χ2v) is 3.90. The number of carbonyl (C=O) groups excluding carboxylic acids is 1. The number of aromatic nitrogens is 1. The van der Waals surface area contributed by atoms with E-state index in [2.05, 4.69) is 16.2 Å². The molecule has 0 fully saturated rings. The standard InChI is InChI=1S/C10H12N2OS/c1-4-5-7(2)12-10(13)9-8(3)11-6-14-9/h1,6-7H,5H2,2-3H3,(H,12,13). The fourth-order valence-corrected chi connectivity index (χ4v) is 1.74. The summed E-state index contributed by atoms with van der Waals surface area (Å²) < 4.78 is 0. The molecule has 1 rings (SSSR count). The number of carbonyl (C=O) groups is 1. The van der Waals surface area contributed by atoms with Crippen molar-refractivity contribution in [1.82, 2.24) is 10.3 Å². The van der Waals surface area contributed by atoms with E-state index in [1.54, 1.807) is 5.51 Å². The average molecular weight is 208 g/mol. The highest BCUT2D eigenvalue weighted by Gasteiger charge is 2.13. The molecule has 0 saturated carbocycles. The zero-order valence-corrected chi connectivity index (χ0v) is 9.02. The molecule has 1 aromatic heterocycles. The number of hydrogen-bond donors (Lipinski definition) is 1. The lowest BCUT2D eigenvalue weighted by atomic mass is 10.2. The Balaban J connectivity index is 2.60. The Morgan fingerprint density at radius 1 is 1.86 bits per heavy atom. The van der Waals surface area contributed by atoms with Crippen LogP contribution in [0.2, 0.25) is 0 Å². The Morgan fingerprint density at radius 3 is 3.07 bits per heavy atom. The number of nitrogens with zero attached hydrogens (tertiary/aromatic N) is 1. The molecule has 0 aliphatic carbocycles. The van der Waals surface area contributed by atoms with Gasteiger partial charge in [0.15, 0.2) is 0 Å². The molecule has 1 unspecified atom stereocenters. The minimum atomic E-state index is -0.0900. The Hall–Kier alpha value is -1.34. The molecule has 1 amide bonds. The molecule has 74 valence electrons. The van der Waals surface area contributed by atoms with Gasteiger partial charge < -0.3 is 5.32 Å². The molecule has 3 nitrogen and oxygen atoms in total. The van der Waals surface area contributed by atoms with Crippen LogP contribution in [0.4, 0.5) is 0 Å². The third-order valence-electron chi connectivity index (χ3n) is 1.75. The summed E-state index contributed by atoms with van der Waals surface area (Å²) in [6, 6.07) is 0.00833. The zero-order chi connectivity index (χ0) is 10.6. The van der Waals surface area contributed by atoms with Gasteiger partial charge in [0.25, 0.3) is 5.91 Å². The van der Waals surface area contributed by atoms with Crippen molar-refractivity contribution in [2.45, 2.75) is 26.3 Å². The van der Waals surface area contributed by atoms with Gasteiger partial charge in [-0.15, -0.1) is 23.7 Å². The van der Waals surface area contributed by atoms with Gasteiger partial charge in [-0.05, 0) is 13.8 Å². The Labute approximate surface area is 87.6 Å². The number of amides is 1. The number of thiazole rings is 1. The molecule has 1 N–H and O–H groups in total. The van der Waals surface area contributed by atoms with Gasteiger partial charge in [0.2, 0.25) is 0 Å². The van der Waals surface area contributed by atoms with E-state index in [0.717, 1.165) is 5.69 Å². The number of aryl methyl sites for hydroxylation is 1. The molecular formula is C10H12N2OS. The molecule has 0 aliphatic heterocycles. The minimum Gasteiger partial charge on any atom is -0.348 e. The molecule has 0 radical (unpaired) electrons. The van der Waals surface area contributed by atoms with Gasteiger partial charge in [-0.1, -0.05) is 0 Å². The molecule has 1 aromatic rings. The van der Waals surface area contributed by atoms with Crippen molar-refractivity contribution in [3.8, 4) is 12.3 Å². The maximum Gasteiger partial charge on any atom is 0.263 e. The van der Waals surface area contributed by atoms with Crippen molar-refractivity contribution in [3.63, 3.8) is 0 Å². The molecule has 0 spiro atoms. The fourth-order valence-electron chi connectivity index (χ4n) is 1.04. The van der Waals surface area contributed by atoms with Gasteiger partial charge in [-0.25, -0.2) is 4.98 Å². The molecule has 0 aromatic carbocycles. The SMILES string of the molecule is C#CCC(C)NC(=O)c1scnc1C. The second-order valence-electron chi connectivity index (χ2n) is 3.05. The van der Waals surface area contributed by atoms with Gasteiger partial charge in [0.1, 0.15) is 4.88 Å². The van der Waals surface area contributed by atoms with Gasteiger partial charge in [-0.2, -0.15) is 0 Å². The number of terminal acetylenes is 1. The summed E-state index contributed by atoms with van der Waals surface area (Å²) in [5, 5.41) is 2.81. The third-order valence-corrected chi connectivity index (χ3v) is 2.68. The van der Waals surface area contributed by atoms with Gasteiger partial charge in [-0.3, -0.25) is 4.79 Å². The van der Waals surface area contributed by atoms with Gasteiger partial charge in [0.05, 0.1) is 11.2 Å². The van der Waals surface area contributed by atoms with E-state index in [1.165, 1.54) is 11.3 Å².